The molecule has 0 fully saturated rings. The van der Waals surface area contributed by atoms with Crippen LogP contribution in [0.15, 0.2) is 0 Å². The van der Waals surface area contributed by atoms with Crippen LogP contribution >= 0.6 is 0 Å². The Bertz CT molecular complexity index is 174. The minimum Gasteiger partial charge on any atom is -0.396 e. The van der Waals surface area contributed by atoms with Crippen LogP contribution < -0.4 is 5.32 Å². The molecule has 0 aliphatic heterocycles. The van der Waals surface area contributed by atoms with Gasteiger partial charge in [0.15, 0.2) is 0 Å². The van der Waals surface area contributed by atoms with E-state index < -0.39 is 0 Å². The maximum absolute atomic E-state index is 11.6. The summed E-state index contributed by atoms with van der Waals surface area (Å²) >= 11 is 0. The lowest BCUT2D eigenvalue weighted by atomic mass is 10.2. The van der Waals surface area contributed by atoms with Crippen LogP contribution in [0, 0.1) is 0 Å². The van der Waals surface area contributed by atoms with Crippen molar-refractivity contribution < 1.29 is 9.90 Å². The summed E-state index contributed by atoms with van der Waals surface area (Å²) in [4.78, 5) is 13.3. The Kier molecular flexibility index (Phi) is 8.09. The van der Waals surface area contributed by atoms with Gasteiger partial charge in [-0.25, -0.2) is 4.79 Å². The van der Waals surface area contributed by atoms with Crippen LogP contribution in [0.25, 0.3) is 0 Å². The molecule has 4 heteroatoms. The van der Waals surface area contributed by atoms with Crippen molar-refractivity contribution in [3.05, 3.63) is 0 Å². The predicted molar refractivity (Wildman–Crippen MR) is 61.9 cm³/mol. The third kappa shape index (κ3) is 7.19. The number of nitrogens with one attached hydrogen (secondary N) is 1. The smallest absolute Gasteiger partial charge is 0.317 e. The molecule has 2 N–H and O–H groups in total. The number of carbonyl (C=O) groups is 1. The molecular formula is C11H24N2O2. The molecule has 0 radical (unpaired) electrons. The maximum atomic E-state index is 11.6. The highest BCUT2D eigenvalue weighted by molar-refractivity contribution is 5.74. The van der Waals surface area contributed by atoms with Crippen LogP contribution in [-0.4, -0.2) is 42.3 Å². The van der Waals surface area contributed by atoms with Gasteiger partial charge in [-0.05, 0) is 26.2 Å². The van der Waals surface area contributed by atoms with Gasteiger partial charge >= 0.3 is 6.03 Å². The number of urea groups is 1. The fourth-order valence-corrected chi connectivity index (χ4v) is 1.29. The molecule has 0 aromatic carbocycles. The molecule has 0 aliphatic carbocycles. The lowest BCUT2D eigenvalue weighted by molar-refractivity contribution is 0.202. The number of aliphatic hydroxyl groups is 1. The molecule has 2 amide bonds. The van der Waals surface area contributed by atoms with Crippen molar-refractivity contribution in [2.75, 3.05) is 20.2 Å². The summed E-state index contributed by atoms with van der Waals surface area (Å²) in [6.07, 6.45) is 3.69. The molecule has 1 unspecified atom stereocenters. The quantitative estimate of drug-likeness (QED) is 0.679. The van der Waals surface area contributed by atoms with E-state index in [2.05, 4.69) is 12.2 Å². The summed E-state index contributed by atoms with van der Waals surface area (Å²) < 4.78 is 0. The zero-order valence-electron chi connectivity index (χ0n) is 10.1. The number of rotatable bonds is 7. The van der Waals surface area contributed by atoms with E-state index in [-0.39, 0.29) is 18.7 Å². The molecule has 0 aromatic heterocycles. The summed E-state index contributed by atoms with van der Waals surface area (Å²) in [5.41, 5.74) is 0. The second kappa shape index (κ2) is 8.53. The molecule has 0 spiro atoms. The number of aliphatic hydroxyl groups excluding tert-OH is 1. The van der Waals surface area contributed by atoms with Gasteiger partial charge in [-0.3, -0.25) is 0 Å². The highest BCUT2D eigenvalue weighted by Crippen LogP contribution is 1.98. The molecule has 0 aliphatic rings. The first kappa shape index (κ1) is 14.2. The van der Waals surface area contributed by atoms with Crippen molar-refractivity contribution in [1.29, 1.82) is 0 Å². The van der Waals surface area contributed by atoms with E-state index in [4.69, 9.17) is 5.11 Å². The van der Waals surface area contributed by atoms with Crippen LogP contribution in [0.2, 0.25) is 0 Å². The Morgan fingerprint density at radius 1 is 1.47 bits per heavy atom. The molecule has 0 aromatic rings. The molecule has 4 nitrogen and oxygen atoms in total. The van der Waals surface area contributed by atoms with Gasteiger partial charge in [0.25, 0.3) is 0 Å². The first-order chi connectivity index (χ1) is 7.11. The predicted octanol–water partition coefficient (Wildman–Crippen LogP) is 1.59. The molecule has 15 heavy (non-hydrogen) atoms. The van der Waals surface area contributed by atoms with Gasteiger partial charge in [-0.15, -0.1) is 0 Å². The summed E-state index contributed by atoms with van der Waals surface area (Å²) in [6, 6.07) is 0.114. The second-order valence-corrected chi connectivity index (χ2v) is 3.99. The van der Waals surface area contributed by atoms with Crippen LogP contribution in [0.3, 0.4) is 0 Å². The Morgan fingerprint density at radius 3 is 2.67 bits per heavy atom. The van der Waals surface area contributed by atoms with Gasteiger partial charge in [0.2, 0.25) is 0 Å². The molecule has 0 saturated heterocycles. The minimum atomic E-state index is -0.0195. The lowest BCUT2D eigenvalue weighted by Gasteiger charge is -2.21. The van der Waals surface area contributed by atoms with E-state index in [1.807, 2.05) is 14.0 Å². The third-order valence-electron chi connectivity index (χ3n) is 2.36. The number of carbonyl (C=O) groups excluding carboxylic acids is 1. The Balaban J connectivity index is 3.70. The highest BCUT2D eigenvalue weighted by Gasteiger charge is 2.10. The summed E-state index contributed by atoms with van der Waals surface area (Å²) in [5, 5.41) is 11.6. The van der Waals surface area contributed by atoms with E-state index in [9.17, 15) is 4.79 Å². The highest BCUT2D eigenvalue weighted by atomic mass is 16.3. The first-order valence-corrected chi connectivity index (χ1v) is 5.74. The summed E-state index contributed by atoms with van der Waals surface area (Å²) in [5.74, 6) is 0. The van der Waals surface area contributed by atoms with Crippen molar-refractivity contribution >= 4 is 6.03 Å². The van der Waals surface area contributed by atoms with Gasteiger partial charge in [0, 0.05) is 26.2 Å². The Hall–Kier alpha value is -0.770. The van der Waals surface area contributed by atoms with Gasteiger partial charge < -0.3 is 15.3 Å². The maximum Gasteiger partial charge on any atom is 0.317 e. The van der Waals surface area contributed by atoms with E-state index >= 15 is 0 Å². The number of hydrogen-bond acceptors (Lipinski definition) is 2. The minimum absolute atomic E-state index is 0.0195. The zero-order valence-corrected chi connectivity index (χ0v) is 10.1. The molecule has 0 rings (SSSR count). The van der Waals surface area contributed by atoms with Crippen molar-refractivity contribution in [3.8, 4) is 0 Å². The van der Waals surface area contributed by atoms with E-state index in [0.29, 0.717) is 0 Å². The van der Waals surface area contributed by atoms with Gasteiger partial charge in [0.05, 0.1) is 0 Å². The van der Waals surface area contributed by atoms with Crippen LogP contribution in [-0.2, 0) is 0 Å². The van der Waals surface area contributed by atoms with Crippen LogP contribution in [0.5, 0.6) is 0 Å². The summed E-state index contributed by atoms with van der Waals surface area (Å²) in [6.45, 7) is 5.05. The second-order valence-electron chi connectivity index (χ2n) is 3.99. The molecule has 0 saturated carbocycles. The molecule has 90 valence electrons. The molecule has 0 bridgehead atoms. The Morgan fingerprint density at radius 2 is 2.13 bits per heavy atom. The first-order valence-electron chi connectivity index (χ1n) is 5.74. The van der Waals surface area contributed by atoms with E-state index in [1.165, 1.54) is 0 Å². The van der Waals surface area contributed by atoms with Crippen molar-refractivity contribution in [2.45, 2.75) is 45.6 Å². The van der Waals surface area contributed by atoms with Crippen molar-refractivity contribution in [1.82, 2.24) is 10.2 Å². The number of hydrogen-bond donors (Lipinski definition) is 2. The van der Waals surface area contributed by atoms with E-state index in [1.54, 1.807) is 4.90 Å². The Labute approximate surface area is 92.7 Å². The number of unbranched alkanes of at least 4 members (excludes halogenated alkanes) is 1. The van der Waals surface area contributed by atoms with Gasteiger partial charge in [-0.1, -0.05) is 13.3 Å². The molecule has 0 heterocycles. The molecule has 1 atom stereocenters. The van der Waals surface area contributed by atoms with E-state index in [0.717, 1.165) is 32.2 Å². The normalized spacial score (nSPS) is 12.3. The van der Waals surface area contributed by atoms with Gasteiger partial charge in [0.1, 0.15) is 0 Å². The lowest BCUT2D eigenvalue weighted by Crippen LogP contribution is -2.42. The van der Waals surface area contributed by atoms with Crippen LogP contribution in [0.4, 0.5) is 4.79 Å². The van der Waals surface area contributed by atoms with Gasteiger partial charge in [-0.2, -0.15) is 0 Å². The SMILES string of the molecule is CCCCN(C)C(=O)NC(C)CCCO. The number of nitrogens with zero attached hydrogens (tertiary/aromatic N) is 1. The fraction of sp³-hybridized carbons (Fsp3) is 0.909. The molecular weight excluding hydrogens is 192 g/mol. The largest absolute Gasteiger partial charge is 0.396 e. The zero-order chi connectivity index (χ0) is 11.7. The summed E-state index contributed by atoms with van der Waals surface area (Å²) in [7, 11) is 1.81. The van der Waals surface area contributed by atoms with Crippen molar-refractivity contribution in [2.24, 2.45) is 0 Å². The fourth-order valence-electron chi connectivity index (χ4n) is 1.29. The topological polar surface area (TPSA) is 52.6 Å². The van der Waals surface area contributed by atoms with Crippen molar-refractivity contribution in [3.63, 3.8) is 0 Å². The third-order valence-corrected chi connectivity index (χ3v) is 2.36. The number of amides is 2. The standard InChI is InChI=1S/C11H24N2O2/c1-4-5-8-13(3)11(15)12-10(2)7-6-9-14/h10,14H,4-9H2,1-3H3,(H,12,15). The average Bonchev–Trinajstić information content (AvgIpc) is 2.22. The monoisotopic (exact) mass is 216 g/mol. The van der Waals surface area contributed by atoms with Crippen LogP contribution in [0.1, 0.15) is 39.5 Å². The average molecular weight is 216 g/mol.